The van der Waals surface area contributed by atoms with Crippen LogP contribution in [-0.2, 0) is 0 Å². The van der Waals surface area contributed by atoms with E-state index in [-0.39, 0.29) is 36.6 Å². The number of benzene rings is 1. The van der Waals surface area contributed by atoms with Crippen LogP contribution < -0.4 is 5.32 Å². The lowest BCUT2D eigenvalue weighted by molar-refractivity contribution is 0.157. The number of hydrogen-bond acceptors (Lipinski definition) is 3. The number of nitrogens with zero attached hydrogens (tertiary/aromatic N) is 1. The highest BCUT2D eigenvalue weighted by atomic mass is 79.9. The molecule has 0 amide bonds. The molecule has 126 valence electrons. The van der Waals surface area contributed by atoms with E-state index in [4.69, 9.17) is 11.6 Å². The first-order valence-corrected chi connectivity index (χ1v) is 8.45. The molecule has 1 aliphatic carbocycles. The molecule has 2 aliphatic rings. The first-order chi connectivity index (χ1) is 9.66. The first kappa shape index (κ1) is 20.3. The van der Waals surface area contributed by atoms with Crippen molar-refractivity contribution in [3.8, 4) is 5.75 Å². The van der Waals surface area contributed by atoms with Crippen molar-refractivity contribution in [2.45, 2.75) is 25.3 Å². The summed E-state index contributed by atoms with van der Waals surface area (Å²) in [7, 11) is 0. The van der Waals surface area contributed by atoms with Gasteiger partial charge in [-0.1, -0.05) is 40.4 Å². The molecule has 1 aromatic carbocycles. The van der Waals surface area contributed by atoms with Gasteiger partial charge in [0.1, 0.15) is 5.75 Å². The van der Waals surface area contributed by atoms with E-state index >= 15 is 0 Å². The molecule has 3 nitrogen and oxygen atoms in total. The zero-order chi connectivity index (χ0) is 14.1. The van der Waals surface area contributed by atoms with Crippen molar-refractivity contribution in [1.29, 1.82) is 0 Å². The molecule has 1 aliphatic heterocycles. The fourth-order valence-corrected chi connectivity index (χ4v) is 3.74. The molecule has 3 rings (SSSR count). The van der Waals surface area contributed by atoms with Crippen LogP contribution in [0.3, 0.4) is 0 Å². The number of phenols is 1. The summed E-state index contributed by atoms with van der Waals surface area (Å²) in [5.74, 6) is 1.05. The van der Waals surface area contributed by atoms with E-state index in [1.54, 1.807) is 6.07 Å². The third kappa shape index (κ3) is 4.65. The molecule has 0 bridgehead atoms. The third-order valence-electron chi connectivity index (χ3n) is 4.29. The number of nitrogens with one attached hydrogen (secondary N) is 1. The van der Waals surface area contributed by atoms with Crippen LogP contribution in [0.5, 0.6) is 5.75 Å². The largest absolute Gasteiger partial charge is 0.506 e. The van der Waals surface area contributed by atoms with Crippen molar-refractivity contribution in [3.63, 3.8) is 0 Å². The smallest absolute Gasteiger partial charge is 0.140 e. The molecule has 0 spiro atoms. The van der Waals surface area contributed by atoms with E-state index in [0.29, 0.717) is 5.02 Å². The lowest BCUT2D eigenvalue weighted by atomic mass is 9.97. The molecule has 7 heteroatoms. The Morgan fingerprint density at radius 1 is 1.27 bits per heavy atom. The van der Waals surface area contributed by atoms with Gasteiger partial charge >= 0.3 is 0 Å². The van der Waals surface area contributed by atoms with Crippen molar-refractivity contribution in [3.05, 3.63) is 27.2 Å². The molecule has 0 unspecified atom stereocenters. The minimum absolute atomic E-state index is 0. The quantitative estimate of drug-likeness (QED) is 0.740. The van der Waals surface area contributed by atoms with Gasteiger partial charge in [-0.25, -0.2) is 0 Å². The second-order valence-corrected chi connectivity index (χ2v) is 7.03. The molecule has 1 saturated heterocycles. The van der Waals surface area contributed by atoms with Gasteiger partial charge in [-0.05, 0) is 24.5 Å². The highest BCUT2D eigenvalue weighted by Gasteiger charge is 2.33. The lowest BCUT2D eigenvalue weighted by Crippen LogP contribution is -2.45. The summed E-state index contributed by atoms with van der Waals surface area (Å²) >= 11 is 9.72. The summed E-state index contributed by atoms with van der Waals surface area (Å²) in [4.78, 5) is 2.48. The van der Waals surface area contributed by atoms with Crippen molar-refractivity contribution in [2.75, 3.05) is 26.2 Å². The van der Waals surface area contributed by atoms with Crippen LogP contribution in [0.4, 0.5) is 0 Å². The predicted octanol–water partition coefficient (Wildman–Crippen LogP) is 4.40. The second kappa shape index (κ2) is 8.95. The van der Waals surface area contributed by atoms with Gasteiger partial charge in [0.25, 0.3) is 0 Å². The molecule has 2 N–H and O–H groups in total. The van der Waals surface area contributed by atoms with Crippen LogP contribution >= 0.6 is 52.3 Å². The average molecular weight is 433 g/mol. The van der Waals surface area contributed by atoms with Crippen molar-refractivity contribution < 1.29 is 5.11 Å². The van der Waals surface area contributed by atoms with Crippen LogP contribution in [0.2, 0.25) is 5.02 Å². The number of phenolic OH excluding ortho intramolecular Hbond substituents is 1. The van der Waals surface area contributed by atoms with Crippen LogP contribution in [0.1, 0.15) is 30.9 Å². The summed E-state index contributed by atoms with van der Waals surface area (Å²) in [6, 6.07) is 3.95. The maximum atomic E-state index is 10.4. The first-order valence-electron chi connectivity index (χ1n) is 7.28. The Kier molecular flexibility index (Phi) is 8.27. The molecule has 1 aromatic rings. The van der Waals surface area contributed by atoms with E-state index in [1.807, 2.05) is 6.07 Å². The Morgan fingerprint density at radius 3 is 2.50 bits per heavy atom. The number of hydrogen-bond donors (Lipinski definition) is 2. The van der Waals surface area contributed by atoms with Crippen LogP contribution in [0.15, 0.2) is 16.6 Å². The molecular formula is C15H22BrCl3N2O. The maximum absolute atomic E-state index is 10.4. The van der Waals surface area contributed by atoms with Crippen molar-refractivity contribution in [2.24, 2.45) is 5.92 Å². The number of aromatic hydroxyl groups is 1. The van der Waals surface area contributed by atoms with Crippen LogP contribution in [0, 0.1) is 5.92 Å². The Hall–Kier alpha value is 0.290. The fourth-order valence-electron chi connectivity index (χ4n) is 2.99. The van der Waals surface area contributed by atoms with E-state index < -0.39 is 0 Å². The monoisotopic (exact) mass is 430 g/mol. The fraction of sp³-hybridized carbons (Fsp3) is 0.600. The molecule has 1 heterocycles. The lowest BCUT2D eigenvalue weighted by Gasteiger charge is -2.36. The summed E-state index contributed by atoms with van der Waals surface area (Å²) < 4.78 is 0.962. The predicted molar refractivity (Wildman–Crippen MR) is 99.8 cm³/mol. The van der Waals surface area contributed by atoms with Gasteiger partial charge in [-0.3, -0.25) is 4.90 Å². The van der Waals surface area contributed by atoms with E-state index in [9.17, 15) is 5.11 Å². The van der Waals surface area contributed by atoms with Crippen LogP contribution in [0.25, 0.3) is 0 Å². The Morgan fingerprint density at radius 2 is 1.91 bits per heavy atom. The summed E-state index contributed by atoms with van der Waals surface area (Å²) in [6.07, 6.45) is 3.76. The van der Waals surface area contributed by atoms with Gasteiger partial charge in [0.05, 0.1) is 5.02 Å². The van der Waals surface area contributed by atoms with Gasteiger partial charge in [-0.2, -0.15) is 0 Å². The topological polar surface area (TPSA) is 35.5 Å². The Balaban J connectivity index is 0.00000121. The standard InChI is InChI=1S/C15H20BrClN2O.2ClH/c16-11-3-4-12(17)15(20)14(11)13(9-10-1-2-10)19-7-5-18-6-8-19;;/h3-4,10,13,18,20H,1-2,5-9H2;2*1H/t13-;;/m1../s1. The van der Waals surface area contributed by atoms with Gasteiger partial charge < -0.3 is 10.4 Å². The maximum Gasteiger partial charge on any atom is 0.140 e. The van der Waals surface area contributed by atoms with E-state index in [2.05, 4.69) is 26.1 Å². The minimum atomic E-state index is 0. The molecule has 2 fully saturated rings. The molecule has 1 atom stereocenters. The van der Waals surface area contributed by atoms with Gasteiger partial charge in [-0.15, -0.1) is 24.8 Å². The SMILES string of the molecule is Cl.Cl.Oc1c(Cl)ccc(Br)c1[C@@H](CC1CC1)N1CCNCC1. The summed E-state index contributed by atoms with van der Waals surface area (Å²) in [5, 5.41) is 14.2. The summed E-state index contributed by atoms with van der Waals surface area (Å²) in [6.45, 7) is 4.08. The zero-order valence-electron chi connectivity index (χ0n) is 12.2. The molecule has 0 aromatic heterocycles. The zero-order valence-corrected chi connectivity index (χ0v) is 16.2. The highest BCUT2D eigenvalue weighted by Crippen LogP contribution is 2.46. The Labute approximate surface area is 157 Å². The molecule has 22 heavy (non-hydrogen) atoms. The molecular weight excluding hydrogens is 410 g/mol. The molecule has 1 saturated carbocycles. The normalized spacial score (nSPS) is 19.9. The van der Waals surface area contributed by atoms with Gasteiger partial charge in [0, 0.05) is 42.3 Å². The van der Waals surface area contributed by atoms with E-state index in [0.717, 1.165) is 48.6 Å². The van der Waals surface area contributed by atoms with Gasteiger partial charge in [0.2, 0.25) is 0 Å². The molecule has 0 radical (unpaired) electrons. The number of halogens is 4. The number of rotatable bonds is 4. The van der Waals surface area contributed by atoms with E-state index in [1.165, 1.54) is 12.8 Å². The average Bonchev–Trinajstić information content (AvgIpc) is 3.27. The number of piperazine rings is 1. The van der Waals surface area contributed by atoms with Gasteiger partial charge in [0.15, 0.2) is 0 Å². The van der Waals surface area contributed by atoms with Crippen molar-refractivity contribution in [1.82, 2.24) is 10.2 Å². The second-order valence-electron chi connectivity index (χ2n) is 5.77. The minimum Gasteiger partial charge on any atom is -0.506 e. The summed E-state index contributed by atoms with van der Waals surface area (Å²) in [5.41, 5.74) is 0.964. The van der Waals surface area contributed by atoms with Crippen LogP contribution in [-0.4, -0.2) is 36.2 Å². The third-order valence-corrected chi connectivity index (χ3v) is 5.29. The van der Waals surface area contributed by atoms with Crippen molar-refractivity contribution >= 4 is 52.3 Å². The highest BCUT2D eigenvalue weighted by molar-refractivity contribution is 9.10. The Bertz CT molecular complexity index is 494.